The Kier molecular flexibility index (Phi) is 7.90. The lowest BCUT2D eigenvalue weighted by molar-refractivity contribution is 0.444. The fourth-order valence-corrected chi connectivity index (χ4v) is 12.7. The summed E-state index contributed by atoms with van der Waals surface area (Å²) >= 11 is 0. The third kappa shape index (κ3) is 5.35. The van der Waals surface area contributed by atoms with Gasteiger partial charge in [0.05, 0.1) is 16.7 Å². The van der Waals surface area contributed by atoms with E-state index in [2.05, 4.69) is 154 Å². The van der Waals surface area contributed by atoms with Crippen LogP contribution in [0.25, 0.3) is 88.5 Å². The maximum Gasteiger partial charge on any atom is 0.252 e. The Hall–Kier alpha value is -6.72. The lowest BCUT2D eigenvalue weighted by Crippen LogP contribution is -2.59. The Morgan fingerprint density at radius 3 is 1.43 bits per heavy atom. The van der Waals surface area contributed by atoms with E-state index in [-0.39, 0.29) is 6.71 Å². The molecule has 4 nitrogen and oxygen atoms in total. The Morgan fingerprint density at radius 2 is 0.952 bits per heavy atom. The monoisotopic (exact) mass is 810 g/mol. The van der Waals surface area contributed by atoms with Gasteiger partial charge in [-0.3, -0.25) is 0 Å². The van der Waals surface area contributed by atoms with Crippen LogP contribution in [0.1, 0.15) is 87.2 Å². The first-order valence-electron chi connectivity index (χ1n) is 23.5. The standard InChI is InChI=1S/C58H47BN4/c1-5-13-36(14-6-1)40-21-23-52-45(27-40)47-29-42(38-17-9-3-10-18-38)31-49-57(47)62(52)54-33-44(51-25-26-60-35-61-51)34-55-56(54)59(49)50-32-43(39-19-11-4-12-20-39)30-48-46-28-41(37-15-7-2-8-16-37)22-24-53(46)63(55)58(48)50/h1-2,5-8,13-16,21-35,38-39H,3-4,9-12,17-20H2. The van der Waals surface area contributed by atoms with Gasteiger partial charge in [0.1, 0.15) is 6.33 Å². The number of aromatic nitrogens is 4. The van der Waals surface area contributed by atoms with Crippen LogP contribution in [0.5, 0.6) is 0 Å². The SMILES string of the molecule is c1ccc(-c2ccc3c(c2)c2cc(C4CCCCC4)cc4c2n3-c2cc(-c3ccncn3)cc3c2B4c2cc(C4CCCCC4)cc4c5cc(-c6ccccc6)ccc5n-3c24)cc1. The molecule has 14 rings (SSSR count). The first kappa shape index (κ1) is 35.8. The summed E-state index contributed by atoms with van der Waals surface area (Å²) in [6.45, 7) is 0.0855. The van der Waals surface area contributed by atoms with Crippen LogP contribution in [0, 0.1) is 0 Å². The predicted molar refractivity (Wildman–Crippen MR) is 263 cm³/mol. The van der Waals surface area contributed by atoms with Crippen LogP contribution in [0.3, 0.4) is 0 Å². The zero-order valence-corrected chi connectivity index (χ0v) is 35.5. The fraction of sp³-hybridized carbons (Fsp3) is 0.207. The van der Waals surface area contributed by atoms with Gasteiger partial charge < -0.3 is 9.13 Å². The van der Waals surface area contributed by atoms with Gasteiger partial charge in [0.25, 0.3) is 6.71 Å². The third-order valence-corrected chi connectivity index (χ3v) is 15.6. The van der Waals surface area contributed by atoms with Crippen molar-refractivity contribution in [2.45, 2.75) is 76.0 Å². The van der Waals surface area contributed by atoms with Crippen LogP contribution >= 0.6 is 0 Å². The molecule has 4 aliphatic rings. The zero-order valence-electron chi connectivity index (χ0n) is 35.5. The molecular weight excluding hydrogens is 763 g/mol. The van der Waals surface area contributed by atoms with E-state index in [0.717, 1.165) is 11.3 Å². The highest BCUT2D eigenvalue weighted by molar-refractivity contribution is 7.00. The van der Waals surface area contributed by atoms with Crippen molar-refractivity contribution in [3.8, 4) is 44.9 Å². The maximum absolute atomic E-state index is 4.88. The summed E-state index contributed by atoms with van der Waals surface area (Å²) in [5.41, 5.74) is 22.3. The second-order valence-corrected chi connectivity index (χ2v) is 19.0. The van der Waals surface area contributed by atoms with E-state index in [0.29, 0.717) is 11.8 Å². The van der Waals surface area contributed by atoms with Gasteiger partial charge in [-0.05, 0) is 142 Å². The van der Waals surface area contributed by atoms with E-state index >= 15 is 0 Å². The second-order valence-electron chi connectivity index (χ2n) is 19.0. The van der Waals surface area contributed by atoms with Crippen molar-refractivity contribution in [3.05, 3.63) is 163 Å². The second kappa shape index (κ2) is 13.9. The van der Waals surface area contributed by atoms with Gasteiger partial charge >= 0.3 is 0 Å². The number of nitrogens with zero attached hydrogens (tertiary/aromatic N) is 4. The summed E-state index contributed by atoms with van der Waals surface area (Å²) in [6.07, 6.45) is 16.6. The molecule has 10 aromatic rings. The average molecular weight is 811 g/mol. The molecule has 3 aromatic heterocycles. The minimum atomic E-state index is 0.0855. The van der Waals surface area contributed by atoms with Crippen molar-refractivity contribution in [3.63, 3.8) is 0 Å². The lowest BCUT2D eigenvalue weighted by Gasteiger charge is -2.35. The van der Waals surface area contributed by atoms with Gasteiger partial charge in [0.2, 0.25) is 0 Å². The summed E-state index contributed by atoms with van der Waals surface area (Å²) < 4.78 is 5.29. The van der Waals surface area contributed by atoms with Crippen molar-refractivity contribution < 1.29 is 0 Å². The van der Waals surface area contributed by atoms with E-state index < -0.39 is 0 Å². The number of benzene rings is 7. The summed E-state index contributed by atoms with van der Waals surface area (Å²) in [6, 6.07) is 53.9. The maximum atomic E-state index is 4.88. The quantitative estimate of drug-likeness (QED) is 0.162. The van der Waals surface area contributed by atoms with Crippen molar-refractivity contribution in [2.75, 3.05) is 0 Å². The summed E-state index contributed by atoms with van der Waals surface area (Å²) in [5, 5.41) is 5.45. The highest BCUT2D eigenvalue weighted by atomic mass is 15.0. The summed E-state index contributed by atoms with van der Waals surface area (Å²) in [5.74, 6) is 1.16. The van der Waals surface area contributed by atoms with Crippen LogP contribution in [0.4, 0.5) is 0 Å². The Balaban J connectivity index is 1.14. The minimum Gasteiger partial charge on any atom is -0.310 e. The van der Waals surface area contributed by atoms with Crippen LogP contribution in [0.2, 0.25) is 0 Å². The van der Waals surface area contributed by atoms with E-state index in [1.165, 1.54) is 169 Å². The van der Waals surface area contributed by atoms with Crippen molar-refractivity contribution in [1.82, 2.24) is 19.1 Å². The molecule has 0 N–H and O–H groups in total. The highest BCUT2D eigenvalue weighted by Crippen LogP contribution is 2.45. The molecule has 2 saturated carbocycles. The molecule has 7 aromatic carbocycles. The van der Waals surface area contributed by atoms with Crippen molar-refractivity contribution in [2.24, 2.45) is 0 Å². The van der Waals surface area contributed by atoms with Gasteiger partial charge in [0, 0.05) is 55.7 Å². The normalized spacial score (nSPS) is 16.1. The van der Waals surface area contributed by atoms with Gasteiger partial charge in [-0.15, -0.1) is 0 Å². The van der Waals surface area contributed by atoms with Gasteiger partial charge in [-0.25, -0.2) is 9.97 Å². The molecule has 0 bridgehead atoms. The first-order chi connectivity index (χ1) is 31.2. The van der Waals surface area contributed by atoms with E-state index in [1.54, 1.807) is 6.33 Å². The molecule has 2 aliphatic heterocycles. The Bertz CT molecular complexity index is 3250. The van der Waals surface area contributed by atoms with Gasteiger partial charge in [0.15, 0.2) is 0 Å². The lowest BCUT2D eigenvalue weighted by atomic mass is 9.34. The molecule has 302 valence electrons. The van der Waals surface area contributed by atoms with Crippen LogP contribution in [0.15, 0.2) is 152 Å². The summed E-state index contributed by atoms with van der Waals surface area (Å²) in [7, 11) is 0. The molecule has 5 heteroatoms. The van der Waals surface area contributed by atoms with Crippen molar-refractivity contribution in [1.29, 1.82) is 0 Å². The molecule has 0 amide bonds. The number of rotatable bonds is 5. The van der Waals surface area contributed by atoms with Gasteiger partial charge in [-0.1, -0.05) is 123 Å². The third-order valence-electron chi connectivity index (χ3n) is 15.6. The molecule has 0 atom stereocenters. The molecule has 2 aliphatic carbocycles. The van der Waals surface area contributed by atoms with E-state index in [4.69, 9.17) is 4.98 Å². The molecule has 5 heterocycles. The predicted octanol–water partition coefficient (Wildman–Crippen LogP) is 12.9. The summed E-state index contributed by atoms with van der Waals surface area (Å²) in [4.78, 5) is 9.23. The van der Waals surface area contributed by atoms with Crippen LogP contribution in [-0.2, 0) is 0 Å². The number of hydrogen-bond acceptors (Lipinski definition) is 2. The molecule has 0 spiro atoms. The van der Waals surface area contributed by atoms with Gasteiger partial charge in [-0.2, -0.15) is 0 Å². The minimum absolute atomic E-state index is 0.0855. The first-order valence-corrected chi connectivity index (χ1v) is 23.5. The van der Waals surface area contributed by atoms with E-state index in [9.17, 15) is 0 Å². The molecule has 2 fully saturated rings. The smallest absolute Gasteiger partial charge is 0.252 e. The molecular formula is C58H47BN4. The number of hydrogen-bond donors (Lipinski definition) is 0. The molecule has 0 saturated heterocycles. The van der Waals surface area contributed by atoms with Crippen molar-refractivity contribution >= 4 is 66.7 Å². The number of fused-ring (bicyclic) bond motifs is 10. The molecule has 0 radical (unpaired) electrons. The van der Waals surface area contributed by atoms with Crippen LogP contribution in [-0.4, -0.2) is 25.8 Å². The molecule has 0 unspecified atom stereocenters. The van der Waals surface area contributed by atoms with Crippen LogP contribution < -0.4 is 16.4 Å². The van der Waals surface area contributed by atoms with E-state index in [1.807, 2.05) is 6.20 Å². The fourth-order valence-electron chi connectivity index (χ4n) is 12.7. The average Bonchev–Trinajstić information content (AvgIpc) is 3.88. The topological polar surface area (TPSA) is 35.6 Å². The zero-order chi connectivity index (χ0) is 41.2. The largest absolute Gasteiger partial charge is 0.310 e. The highest BCUT2D eigenvalue weighted by Gasteiger charge is 2.42. The Labute approximate surface area is 368 Å². The Morgan fingerprint density at radius 1 is 0.444 bits per heavy atom. The molecule has 63 heavy (non-hydrogen) atoms.